The van der Waals surface area contributed by atoms with E-state index in [1.165, 1.54) is 12.8 Å². The van der Waals surface area contributed by atoms with Gasteiger partial charge in [0.1, 0.15) is 5.82 Å². The molecule has 2 spiro atoms. The Morgan fingerprint density at radius 3 is 2.26 bits per heavy atom. The molecule has 0 atom stereocenters. The van der Waals surface area contributed by atoms with Gasteiger partial charge in [0.25, 0.3) is 0 Å². The Balaban J connectivity index is 0.856. The number of carbonyl (C=O) groups excluding carboxylic acids is 1. The highest BCUT2D eigenvalue weighted by Gasteiger charge is 2.59. The molecule has 0 unspecified atom stereocenters. The van der Waals surface area contributed by atoms with Crippen LogP contribution in [0.4, 0.5) is 18.0 Å². The fourth-order valence-electron chi connectivity index (χ4n) is 6.99. The van der Waals surface area contributed by atoms with E-state index >= 15 is 0 Å². The van der Waals surface area contributed by atoms with Gasteiger partial charge in [-0.1, -0.05) is 0 Å². The van der Waals surface area contributed by atoms with Crippen LogP contribution in [-0.4, -0.2) is 67.4 Å². The molecule has 8 nitrogen and oxygen atoms in total. The number of nitrogens with one attached hydrogen (secondary N) is 2. The molecule has 2 N–H and O–H groups in total. The number of likely N-dealkylation sites (tertiary alicyclic amines) is 2. The number of nitrogens with zero attached hydrogens (tertiary/aromatic N) is 5. The molecule has 5 fully saturated rings. The molecule has 3 aliphatic carbocycles. The van der Waals surface area contributed by atoms with Crippen LogP contribution in [0.2, 0.25) is 0 Å². The second-order valence-electron chi connectivity index (χ2n) is 11.7. The van der Waals surface area contributed by atoms with Gasteiger partial charge in [0, 0.05) is 55.0 Å². The van der Waals surface area contributed by atoms with Crippen LogP contribution in [0, 0.1) is 16.7 Å². The van der Waals surface area contributed by atoms with Crippen LogP contribution in [0.5, 0.6) is 0 Å². The summed E-state index contributed by atoms with van der Waals surface area (Å²) in [6, 6.07) is 0.116. The fraction of sp³-hybridized carbons (Fsp3) is 0.739. The SMILES string of the molecule is O=C(N1CC2(CC(Cc3n[nH]cc3C(F)(F)F)C2)C1)N1CC2(CC(c3nc(C4CC4)n[nH]3)C2)C1. The molecule has 5 aliphatic rings. The standard InChI is InChI=1S/C23H28F3N7O/c24-23(25,26)16-8-27-29-17(16)3-13-4-21(5-13)9-32(10-21)20(34)33-11-22(12-33)6-15(7-22)19-28-18(30-31-19)14-1-2-14/h8,13-15H,1-7,9-12H2,(H,27,29)(H,28,30,31). The number of aromatic amines is 2. The third-order valence-electron chi connectivity index (χ3n) is 8.80. The van der Waals surface area contributed by atoms with Crippen molar-refractivity contribution < 1.29 is 18.0 Å². The van der Waals surface area contributed by atoms with Crippen LogP contribution in [0.3, 0.4) is 0 Å². The highest BCUT2D eigenvalue weighted by atomic mass is 19.4. The van der Waals surface area contributed by atoms with Crippen molar-refractivity contribution in [2.24, 2.45) is 16.7 Å². The van der Waals surface area contributed by atoms with E-state index in [1.54, 1.807) is 0 Å². The molecule has 4 heterocycles. The lowest BCUT2D eigenvalue weighted by molar-refractivity contribution is -0.138. The zero-order chi connectivity index (χ0) is 23.3. The lowest BCUT2D eigenvalue weighted by atomic mass is 9.56. The number of hydrogen-bond donors (Lipinski definition) is 2. The Kier molecular flexibility index (Phi) is 4.12. The monoisotopic (exact) mass is 475 g/mol. The number of H-pyrrole nitrogens is 2. The van der Waals surface area contributed by atoms with Gasteiger partial charge in [-0.3, -0.25) is 10.2 Å². The molecule has 7 rings (SSSR count). The molecule has 3 saturated carbocycles. The van der Waals surface area contributed by atoms with Gasteiger partial charge >= 0.3 is 12.2 Å². The molecular formula is C23H28F3N7O. The molecule has 34 heavy (non-hydrogen) atoms. The van der Waals surface area contributed by atoms with Crippen LogP contribution in [0.15, 0.2) is 6.20 Å². The lowest BCUT2D eigenvalue weighted by Crippen LogP contribution is -2.71. The summed E-state index contributed by atoms with van der Waals surface area (Å²) < 4.78 is 39.1. The summed E-state index contributed by atoms with van der Waals surface area (Å²) in [7, 11) is 0. The van der Waals surface area contributed by atoms with E-state index < -0.39 is 11.7 Å². The van der Waals surface area contributed by atoms with Crippen molar-refractivity contribution in [1.82, 2.24) is 35.2 Å². The smallest absolute Gasteiger partial charge is 0.323 e. The molecule has 2 aromatic rings. The number of rotatable bonds is 4. The maximum absolute atomic E-state index is 13.0. The van der Waals surface area contributed by atoms with Crippen LogP contribution >= 0.6 is 0 Å². The number of amides is 2. The van der Waals surface area contributed by atoms with E-state index in [1.807, 2.05) is 9.80 Å². The fourth-order valence-corrected chi connectivity index (χ4v) is 6.99. The molecule has 2 aliphatic heterocycles. The normalized spacial score (nSPS) is 25.7. The first-order chi connectivity index (χ1) is 16.2. The Labute approximate surface area is 194 Å². The predicted octanol–water partition coefficient (Wildman–Crippen LogP) is 3.68. The highest BCUT2D eigenvalue weighted by Crippen LogP contribution is 2.57. The summed E-state index contributed by atoms with van der Waals surface area (Å²) in [6.45, 7) is 3.08. The maximum atomic E-state index is 13.0. The van der Waals surface area contributed by atoms with Gasteiger partial charge < -0.3 is 9.80 Å². The quantitative estimate of drug-likeness (QED) is 0.706. The van der Waals surface area contributed by atoms with E-state index in [-0.39, 0.29) is 28.5 Å². The molecule has 2 amide bonds. The Morgan fingerprint density at radius 1 is 1.00 bits per heavy atom. The first-order valence-electron chi connectivity index (χ1n) is 12.3. The number of aromatic nitrogens is 5. The van der Waals surface area contributed by atoms with Gasteiger partial charge in [-0.15, -0.1) is 0 Å². The molecule has 0 bridgehead atoms. The molecule has 2 aromatic heterocycles. The van der Waals surface area contributed by atoms with Crippen LogP contribution in [0.25, 0.3) is 0 Å². The van der Waals surface area contributed by atoms with E-state index in [2.05, 4.69) is 25.4 Å². The van der Waals surface area contributed by atoms with Crippen LogP contribution < -0.4 is 0 Å². The Morgan fingerprint density at radius 2 is 1.65 bits per heavy atom. The Hall–Kier alpha value is -2.59. The van der Waals surface area contributed by atoms with E-state index in [0.29, 0.717) is 18.3 Å². The first kappa shape index (κ1) is 20.8. The van der Waals surface area contributed by atoms with E-state index in [0.717, 1.165) is 69.7 Å². The third-order valence-corrected chi connectivity index (χ3v) is 8.80. The summed E-state index contributed by atoms with van der Waals surface area (Å²) >= 11 is 0. The van der Waals surface area contributed by atoms with E-state index in [9.17, 15) is 18.0 Å². The van der Waals surface area contributed by atoms with Crippen molar-refractivity contribution in [2.45, 2.75) is 63.0 Å². The van der Waals surface area contributed by atoms with Gasteiger partial charge in [-0.2, -0.15) is 23.4 Å². The minimum atomic E-state index is -4.37. The summed E-state index contributed by atoms with van der Waals surface area (Å²) in [5.41, 5.74) is -0.199. The zero-order valence-corrected chi connectivity index (χ0v) is 18.9. The van der Waals surface area contributed by atoms with Gasteiger partial charge in [-0.05, 0) is 50.9 Å². The van der Waals surface area contributed by atoms with Crippen molar-refractivity contribution in [1.29, 1.82) is 0 Å². The minimum Gasteiger partial charge on any atom is -0.323 e. The van der Waals surface area contributed by atoms with Crippen molar-refractivity contribution in [2.75, 3.05) is 26.2 Å². The zero-order valence-electron chi connectivity index (χ0n) is 18.9. The molecule has 2 saturated heterocycles. The second kappa shape index (κ2) is 6.75. The summed E-state index contributed by atoms with van der Waals surface area (Å²) in [5.74, 6) is 3.18. The van der Waals surface area contributed by atoms with Gasteiger partial charge in [0.2, 0.25) is 0 Å². The minimum absolute atomic E-state index is 0.102. The maximum Gasteiger partial charge on any atom is 0.419 e. The first-order valence-corrected chi connectivity index (χ1v) is 12.3. The van der Waals surface area contributed by atoms with Crippen molar-refractivity contribution in [3.63, 3.8) is 0 Å². The number of alkyl halides is 3. The van der Waals surface area contributed by atoms with Crippen LogP contribution in [-0.2, 0) is 12.6 Å². The number of halogens is 3. The topological polar surface area (TPSA) is 93.8 Å². The molecule has 182 valence electrons. The molecular weight excluding hydrogens is 447 g/mol. The summed E-state index contributed by atoms with van der Waals surface area (Å²) in [5, 5.41) is 13.7. The second-order valence-corrected chi connectivity index (χ2v) is 11.7. The largest absolute Gasteiger partial charge is 0.419 e. The third kappa shape index (κ3) is 3.25. The number of hydrogen-bond acceptors (Lipinski definition) is 4. The van der Waals surface area contributed by atoms with Crippen molar-refractivity contribution >= 4 is 6.03 Å². The van der Waals surface area contributed by atoms with Gasteiger partial charge in [-0.25, -0.2) is 9.78 Å². The number of urea groups is 1. The average molecular weight is 476 g/mol. The van der Waals surface area contributed by atoms with Crippen LogP contribution in [0.1, 0.15) is 73.3 Å². The lowest BCUT2D eigenvalue weighted by Gasteiger charge is -2.63. The van der Waals surface area contributed by atoms with E-state index in [4.69, 9.17) is 0 Å². The van der Waals surface area contributed by atoms with Gasteiger partial charge in [0.05, 0.1) is 11.3 Å². The molecule has 11 heteroatoms. The summed E-state index contributed by atoms with van der Waals surface area (Å²) in [6.07, 6.45) is 3.18. The molecule has 0 aromatic carbocycles. The number of carbonyl (C=O) groups is 1. The van der Waals surface area contributed by atoms with Crippen molar-refractivity contribution in [3.8, 4) is 0 Å². The highest BCUT2D eigenvalue weighted by molar-refractivity contribution is 5.77. The molecule has 0 radical (unpaired) electrons. The average Bonchev–Trinajstić information content (AvgIpc) is 3.19. The Bertz CT molecular complexity index is 1110. The van der Waals surface area contributed by atoms with Gasteiger partial charge in [0.15, 0.2) is 5.82 Å². The van der Waals surface area contributed by atoms with Crippen molar-refractivity contribution in [3.05, 3.63) is 29.1 Å². The predicted molar refractivity (Wildman–Crippen MR) is 114 cm³/mol. The summed E-state index contributed by atoms with van der Waals surface area (Å²) in [4.78, 5) is 21.4.